The van der Waals surface area contributed by atoms with E-state index in [0.29, 0.717) is 25.5 Å². The number of nitrogens with zero attached hydrogens (tertiary/aromatic N) is 1. The van der Waals surface area contributed by atoms with Crippen LogP contribution in [0.5, 0.6) is 0 Å². The molecule has 0 radical (unpaired) electrons. The third kappa shape index (κ3) is 9.06. The number of unbranched alkanes of at least 4 members (excludes halogenated alkanes) is 4. The monoisotopic (exact) mass is 313 g/mol. The van der Waals surface area contributed by atoms with E-state index in [0.717, 1.165) is 38.5 Å². The van der Waals surface area contributed by atoms with Gasteiger partial charge in [-0.25, -0.2) is 4.79 Å². The standard InChI is InChI=1S/C18H35NO3/c1-6-8-10-11-12-17(20)19(14-15(3)4)16(5)18(21)22-13-9-7-2/h15-16H,6-14H2,1-5H3. The van der Waals surface area contributed by atoms with E-state index in [1.165, 1.54) is 0 Å². The van der Waals surface area contributed by atoms with Crippen molar-refractivity contribution in [1.29, 1.82) is 0 Å². The van der Waals surface area contributed by atoms with Crippen molar-refractivity contribution in [3.63, 3.8) is 0 Å². The smallest absolute Gasteiger partial charge is 0.328 e. The van der Waals surface area contributed by atoms with Crippen molar-refractivity contribution in [3.8, 4) is 0 Å². The van der Waals surface area contributed by atoms with Gasteiger partial charge in [-0.15, -0.1) is 0 Å². The van der Waals surface area contributed by atoms with Gasteiger partial charge in [0.2, 0.25) is 5.91 Å². The Morgan fingerprint density at radius 2 is 1.59 bits per heavy atom. The summed E-state index contributed by atoms with van der Waals surface area (Å²) in [4.78, 5) is 26.2. The Labute approximate surface area is 136 Å². The number of rotatable bonds is 12. The molecule has 0 saturated heterocycles. The summed E-state index contributed by atoms with van der Waals surface area (Å²) in [5.74, 6) is 0.131. The van der Waals surface area contributed by atoms with Crippen LogP contribution in [0.1, 0.15) is 79.6 Å². The summed E-state index contributed by atoms with van der Waals surface area (Å²) >= 11 is 0. The fourth-order valence-corrected chi connectivity index (χ4v) is 2.28. The average Bonchev–Trinajstić information content (AvgIpc) is 2.48. The molecule has 4 heteroatoms. The molecule has 1 atom stereocenters. The van der Waals surface area contributed by atoms with Crippen molar-refractivity contribution in [2.24, 2.45) is 5.92 Å². The summed E-state index contributed by atoms with van der Waals surface area (Å²) in [5.41, 5.74) is 0. The summed E-state index contributed by atoms with van der Waals surface area (Å²) in [7, 11) is 0. The van der Waals surface area contributed by atoms with Gasteiger partial charge in [0, 0.05) is 13.0 Å². The van der Waals surface area contributed by atoms with Gasteiger partial charge in [0.15, 0.2) is 0 Å². The molecule has 1 unspecified atom stereocenters. The highest BCUT2D eigenvalue weighted by molar-refractivity contribution is 5.84. The van der Waals surface area contributed by atoms with Crippen LogP contribution < -0.4 is 0 Å². The van der Waals surface area contributed by atoms with Gasteiger partial charge in [-0.3, -0.25) is 4.79 Å². The molecule has 0 saturated carbocycles. The Hall–Kier alpha value is -1.06. The molecule has 0 aromatic rings. The SMILES string of the molecule is CCCCCCC(=O)N(CC(C)C)C(C)C(=O)OCCCC. The van der Waals surface area contributed by atoms with Gasteiger partial charge in [0.1, 0.15) is 6.04 Å². The molecule has 0 heterocycles. The lowest BCUT2D eigenvalue weighted by molar-refractivity contribution is -0.155. The van der Waals surface area contributed by atoms with Crippen molar-refractivity contribution in [1.82, 2.24) is 4.90 Å². The summed E-state index contributed by atoms with van der Waals surface area (Å²) < 4.78 is 5.27. The maximum atomic E-state index is 12.4. The van der Waals surface area contributed by atoms with Crippen molar-refractivity contribution < 1.29 is 14.3 Å². The maximum Gasteiger partial charge on any atom is 0.328 e. The number of hydrogen-bond acceptors (Lipinski definition) is 3. The van der Waals surface area contributed by atoms with Gasteiger partial charge in [0.05, 0.1) is 6.61 Å². The van der Waals surface area contributed by atoms with Crippen LogP contribution in [0.3, 0.4) is 0 Å². The van der Waals surface area contributed by atoms with Crippen molar-refractivity contribution in [3.05, 3.63) is 0 Å². The molecule has 0 aliphatic heterocycles. The number of carbonyl (C=O) groups excluding carboxylic acids is 2. The first kappa shape index (κ1) is 20.9. The van der Waals surface area contributed by atoms with Gasteiger partial charge < -0.3 is 9.64 Å². The van der Waals surface area contributed by atoms with Gasteiger partial charge in [-0.05, 0) is 25.7 Å². The highest BCUT2D eigenvalue weighted by Gasteiger charge is 2.27. The van der Waals surface area contributed by atoms with Gasteiger partial charge in [0.25, 0.3) is 0 Å². The summed E-state index contributed by atoms with van der Waals surface area (Å²) in [6.07, 6.45) is 6.68. The number of amides is 1. The fourth-order valence-electron chi connectivity index (χ4n) is 2.28. The van der Waals surface area contributed by atoms with E-state index in [-0.39, 0.29) is 11.9 Å². The number of ether oxygens (including phenoxy) is 1. The van der Waals surface area contributed by atoms with Gasteiger partial charge in [-0.1, -0.05) is 53.4 Å². The zero-order valence-electron chi connectivity index (χ0n) is 15.2. The van der Waals surface area contributed by atoms with E-state index in [1.807, 2.05) is 0 Å². The van der Waals surface area contributed by atoms with Crippen LogP contribution in [-0.4, -0.2) is 36.0 Å². The van der Waals surface area contributed by atoms with Crippen molar-refractivity contribution >= 4 is 11.9 Å². The topological polar surface area (TPSA) is 46.6 Å². The summed E-state index contributed by atoms with van der Waals surface area (Å²) in [5, 5.41) is 0. The number of carbonyl (C=O) groups is 2. The highest BCUT2D eigenvalue weighted by Crippen LogP contribution is 2.12. The minimum atomic E-state index is -0.488. The van der Waals surface area contributed by atoms with Crippen LogP contribution in [0.25, 0.3) is 0 Å². The van der Waals surface area contributed by atoms with E-state index in [2.05, 4.69) is 27.7 Å². The van der Waals surface area contributed by atoms with Crippen molar-refractivity contribution in [2.45, 2.75) is 85.6 Å². The average molecular weight is 313 g/mol. The van der Waals surface area contributed by atoms with Crippen LogP contribution in [0, 0.1) is 5.92 Å². The third-order valence-corrected chi connectivity index (χ3v) is 3.68. The second kappa shape index (κ2) is 12.5. The van der Waals surface area contributed by atoms with Gasteiger partial charge >= 0.3 is 5.97 Å². The van der Waals surface area contributed by atoms with E-state index in [1.54, 1.807) is 11.8 Å². The molecule has 0 rings (SSSR count). The van der Waals surface area contributed by atoms with Crippen LogP contribution in [-0.2, 0) is 14.3 Å². The lowest BCUT2D eigenvalue weighted by Gasteiger charge is -2.29. The van der Waals surface area contributed by atoms with Crippen LogP contribution in [0.4, 0.5) is 0 Å². The molecule has 130 valence electrons. The third-order valence-electron chi connectivity index (χ3n) is 3.68. The molecule has 0 fully saturated rings. The molecule has 4 nitrogen and oxygen atoms in total. The normalized spacial score (nSPS) is 12.3. The second-order valence-corrected chi connectivity index (χ2v) is 6.45. The molecule has 0 aliphatic rings. The minimum Gasteiger partial charge on any atom is -0.464 e. The van der Waals surface area contributed by atoms with Crippen LogP contribution in [0.2, 0.25) is 0 Å². The minimum absolute atomic E-state index is 0.0738. The molecule has 22 heavy (non-hydrogen) atoms. The molecule has 0 bridgehead atoms. The van der Waals surface area contributed by atoms with E-state index < -0.39 is 6.04 Å². The molecule has 1 amide bonds. The van der Waals surface area contributed by atoms with E-state index in [4.69, 9.17) is 4.74 Å². The molecule has 0 N–H and O–H groups in total. The van der Waals surface area contributed by atoms with E-state index in [9.17, 15) is 9.59 Å². The first-order valence-corrected chi connectivity index (χ1v) is 8.90. The first-order valence-electron chi connectivity index (χ1n) is 8.90. The lowest BCUT2D eigenvalue weighted by Crippen LogP contribution is -2.45. The molecule has 0 aromatic carbocycles. The zero-order chi connectivity index (χ0) is 17.0. The molecule has 0 aliphatic carbocycles. The predicted octanol–water partition coefficient (Wildman–Crippen LogP) is 4.17. The Kier molecular flexibility index (Phi) is 11.9. The second-order valence-electron chi connectivity index (χ2n) is 6.45. The molecular formula is C18H35NO3. The van der Waals surface area contributed by atoms with Crippen molar-refractivity contribution in [2.75, 3.05) is 13.2 Å². The summed E-state index contributed by atoms with van der Waals surface area (Å²) in [6, 6.07) is -0.488. The Morgan fingerprint density at radius 3 is 2.14 bits per heavy atom. The van der Waals surface area contributed by atoms with E-state index >= 15 is 0 Å². The van der Waals surface area contributed by atoms with Crippen LogP contribution >= 0.6 is 0 Å². The largest absolute Gasteiger partial charge is 0.464 e. The first-order chi connectivity index (χ1) is 10.4. The predicted molar refractivity (Wildman–Crippen MR) is 90.6 cm³/mol. The lowest BCUT2D eigenvalue weighted by atomic mass is 10.1. The Morgan fingerprint density at radius 1 is 0.955 bits per heavy atom. The molecule has 0 aromatic heterocycles. The summed E-state index contributed by atoms with van der Waals surface area (Å²) in [6.45, 7) is 11.2. The molecule has 0 spiro atoms. The maximum absolute atomic E-state index is 12.4. The van der Waals surface area contributed by atoms with Gasteiger partial charge in [-0.2, -0.15) is 0 Å². The fraction of sp³-hybridized carbons (Fsp3) is 0.889. The highest BCUT2D eigenvalue weighted by atomic mass is 16.5. The Balaban J connectivity index is 4.52. The van der Waals surface area contributed by atoms with Crippen LogP contribution in [0.15, 0.2) is 0 Å². The quantitative estimate of drug-likeness (QED) is 0.401. The Bertz CT molecular complexity index is 315. The number of hydrogen-bond donors (Lipinski definition) is 0. The molecular weight excluding hydrogens is 278 g/mol. The zero-order valence-corrected chi connectivity index (χ0v) is 15.2. The number of esters is 1.